The summed E-state index contributed by atoms with van der Waals surface area (Å²) in [7, 11) is 2.93. The highest BCUT2D eigenvalue weighted by Crippen LogP contribution is 2.17. The molecule has 0 saturated carbocycles. The van der Waals surface area contributed by atoms with Gasteiger partial charge in [-0.25, -0.2) is 9.59 Å². The van der Waals surface area contributed by atoms with Crippen LogP contribution >= 0.6 is 0 Å². The molecule has 0 spiro atoms. The lowest BCUT2D eigenvalue weighted by Gasteiger charge is -2.13. The summed E-state index contributed by atoms with van der Waals surface area (Å²) in [6.45, 7) is 2.71. The highest BCUT2D eigenvalue weighted by atomic mass is 16.5. The molecule has 0 unspecified atom stereocenters. The van der Waals surface area contributed by atoms with E-state index in [1.807, 2.05) is 12.1 Å². The summed E-state index contributed by atoms with van der Waals surface area (Å²) in [6, 6.07) is 8.39. The summed E-state index contributed by atoms with van der Waals surface area (Å²) in [5, 5.41) is 3.22. The van der Waals surface area contributed by atoms with Crippen LogP contribution in [0.4, 0.5) is 5.69 Å². The first-order valence-electron chi connectivity index (χ1n) is 8.21. The molecule has 0 radical (unpaired) electrons. The van der Waals surface area contributed by atoms with Crippen LogP contribution in [-0.2, 0) is 25.4 Å². The predicted molar refractivity (Wildman–Crippen MR) is 95.9 cm³/mol. The average Bonchev–Trinajstić information content (AvgIpc) is 2.62. The first-order valence-corrected chi connectivity index (χ1v) is 8.21. The molecule has 0 bridgehead atoms. The number of hydrogen-bond acceptors (Lipinski definition) is 5. The Morgan fingerprint density at radius 3 is 2.60 bits per heavy atom. The molecule has 1 N–H and O–H groups in total. The number of rotatable bonds is 7. The molecule has 1 aromatic carbocycles. The van der Waals surface area contributed by atoms with E-state index in [-0.39, 0.29) is 6.61 Å². The fourth-order valence-electron chi connectivity index (χ4n) is 2.35. The molecular weight excluding hydrogens is 322 g/mol. The van der Waals surface area contributed by atoms with E-state index in [0.29, 0.717) is 16.9 Å². The molecule has 1 heterocycles. The molecule has 134 valence electrons. The molecule has 2 aromatic rings. The predicted octanol–water partition coefficient (Wildman–Crippen LogP) is 1.65. The van der Waals surface area contributed by atoms with Gasteiger partial charge >= 0.3 is 11.7 Å². The third-order valence-electron chi connectivity index (χ3n) is 3.97. The molecule has 25 heavy (non-hydrogen) atoms. The molecule has 0 amide bonds. The average molecular weight is 345 g/mol. The smallest absolute Gasteiger partial charge is 0.340 e. The normalized spacial score (nSPS) is 10.5. The molecule has 0 atom stereocenters. The number of benzene rings is 1. The Morgan fingerprint density at radius 1 is 1.16 bits per heavy atom. The number of unbranched alkanes of at least 4 members (excludes halogenated alkanes) is 1. The van der Waals surface area contributed by atoms with E-state index < -0.39 is 17.2 Å². The Hall–Kier alpha value is -2.83. The number of esters is 1. The van der Waals surface area contributed by atoms with E-state index in [1.165, 1.54) is 24.7 Å². The molecule has 7 heteroatoms. The maximum atomic E-state index is 12.4. The van der Waals surface area contributed by atoms with Gasteiger partial charge in [-0.3, -0.25) is 13.9 Å². The van der Waals surface area contributed by atoms with Gasteiger partial charge in [0.25, 0.3) is 5.56 Å². The van der Waals surface area contributed by atoms with E-state index in [4.69, 9.17) is 4.74 Å². The summed E-state index contributed by atoms with van der Waals surface area (Å²) >= 11 is 0. The molecular formula is C18H23N3O4. The summed E-state index contributed by atoms with van der Waals surface area (Å²) in [6.07, 6.45) is 2.05. The molecule has 0 saturated heterocycles. The summed E-state index contributed by atoms with van der Waals surface area (Å²) in [5.74, 6) is -0.507. The Balaban J connectivity index is 2.14. The monoisotopic (exact) mass is 345 g/mol. The zero-order valence-electron chi connectivity index (χ0n) is 14.7. The van der Waals surface area contributed by atoms with Crippen molar-refractivity contribution >= 4 is 11.7 Å². The summed E-state index contributed by atoms with van der Waals surface area (Å²) < 4.78 is 7.60. The minimum absolute atomic E-state index is 0.149. The van der Waals surface area contributed by atoms with Crippen LogP contribution in [0.25, 0.3) is 0 Å². The zero-order chi connectivity index (χ0) is 18.4. The van der Waals surface area contributed by atoms with Gasteiger partial charge in [0.15, 0.2) is 0 Å². The van der Waals surface area contributed by atoms with Crippen molar-refractivity contribution in [3.8, 4) is 0 Å². The highest BCUT2D eigenvalue weighted by Gasteiger charge is 2.14. The summed E-state index contributed by atoms with van der Waals surface area (Å²) in [4.78, 5) is 36.0. The lowest BCUT2D eigenvalue weighted by atomic mass is 10.1. The van der Waals surface area contributed by atoms with Crippen molar-refractivity contribution in [2.24, 2.45) is 14.1 Å². The van der Waals surface area contributed by atoms with Gasteiger partial charge in [-0.1, -0.05) is 25.5 Å². The first-order chi connectivity index (χ1) is 12.0. The number of hydrogen-bond donors (Lipinski definition) is 1. The Labute approximate surface area is 145 Å². The van der Waals surface area contributed by atoms with Gasteiger partial charge in [-0.15, -0.1) is 0 Å². The first kappa shape index (κ1) is 18.5. The number of nitrogens with one attached hydrogen (secondary N) is 1. The van der Waals surface area contributed by atoms with Crippen LogP contribution < -0.4 is 16.6 Å². The van der Waals surface area contributed by atoms with Gasteiger partial charge in [0.1, 0.15) is 6.61 Å². The van der Waals surface area contributed by atoms with Crippen LogP contribution in [0.3, 0.4) is 0 Å². The van der Waals surface area contributed by atoms with Crippen molar-refractivity contribution in [2.45, 2.75) is 26.4 Å². The van der Waals surface area contributed by atoms with Crippen molar-refractivity contribution in [3.05, 3.63) is 62.4 Å². The van der Waals surface area contributed by atoms with Crippen LogP contribution in [0.2, 0.25) is 0 Å². The largest absolute Gasteiger partial charge is 0.456 e. The maximum Gasteiger partial charge on any atom is 0.340 e. The molecule has 0 fully saturated rings. The van der Waals surface area contributed by atoms with Crippen molar-refractivity contribution in [1.29, 1.82) is 0 Å². The topological polar surface area (TPSA) is 82.3 Å². The van der Waals surface area contributed by atoms with Crippen molar-refractivity contribution in [3.63, 3.8) is 0 Å². The third-order valence-corrected chi connectivity index (χ3v) is 3.97. The second kappa shape index (κ2) is 8.32. The van der Waals surface area contributed by atoms with Crippen LogP contribution in [0.15, 0.2) is 39.9 Å². The number of nitrogens with zero attached hydrogens (tertiary/aromatic N) is 2. The van der Waals surface area contributed by atoms with Crippen LogP contribution in [0, 0.1) is 0 Å². The van der Waals surface area contributed by atoms with Gasteiger partial charge in [0.05, 0.1) is 11.3 Å². The molecule has 0 aliphatic carbocycles. The molecule has 0 aliphatic heterocycles. The Bertz CT molecular complexity index is 867. The molecule has 2 rings (SSSR count). The minimum Gasteiger partial charge on any atom is -0.456 e. The van der Waals surface area contributed by atoms with Crippen LogP contribution in [0.1, 0.15) is 35.8 Å². The van der Waals surface area contributed by atoms with E-state index >= 15 is 0 Å². The second-order valence-corrected chi connectivity index (χ2v) is 5.78. The van der Waals surface area contributed by atoms with Gasteiger partial charge < -0.3 is 10.1 Å². The van der Waals surface area contributed by atoms with E-state index in [0.717, 1.165) is 24.0 Å². The number of para-hydroxylation sites is 1. The Morgan fingerprint density at radius 2 is 1.88 bits per heavy atom. The van der Waals surface area contributed by atoms with E-state index in [9.17, 15) is 14.4 Å². The lowest BCUT2D eigenvalue weighted by molar-refractivity contribution is 0.0464. The summed E-state index contributed by atoms with van der Waals surface area (Å²) in [5.41, 5.74) is 0.583. The number of aromatic nitrogens is 2. The number of carbonyl (C=O) groups is 1. The fourth-order valence-corrected chi connectivity index (χ4v) is 2.35. The molecule has 1 aromatic heterocycles. The standard InChI is InChI=1S/C18H23N3O4/c1-4-5-10-19-15-9-7-6-8-14(15)17(23)25-12-13-11-16(22)21(3)18(24)20(13)2/h6-9,11,19H,4-5,10,12H2,1-3H3. The SMILES string of the molecule is CCCCNc1ccccc1C(=O)OCc1cc(=O)n(C)c(=O)n1C. The van der Waals surface area contributed by atoms with Gasteiger partial charge in [0.2, 0.25) is 0 Å². The number of carbonyl (C=O) groups excluding carboxylic acids is 1. The van der Waals surface area contributed by atoms with E-state index in [1.54, 1.807) is 12.1 Å². The highest BCUT2D eigenvalue weighted by molar-refractivity contribution is 5.95. The lowest BCUT2D eigenvalue weighted by Crippen LogP contribution is -2.38. The third kappa shape index (κ3) is 4.37. The van der Waals surface area contributed by atoms with Crippen molar-refractivity contribution in [2.75, 3.05) is 11.9 Å². The second-order valence-electron chi connectivity index (χ2n) is 5.78. The molecule has 7 nitrogen and oxygen atoms in total. The Kier molecular flexibility index (Phi) is 6.16. The number of ether oxygens (including phenoxy) is 1. The van der Waals surface area contributed by atoms with Crippen molar-refractivity contribution in [1.82, 2.24) is 9.13 Å². The van der Waals surface area contributed by atoms with E-state index in [2.05, 4.69) is 12.2 Å². The van der Waals surface area contributed by atoms with Crippen molar-refractivity contribution < 1.29 is 9.53 Å². The minimum atomic E-state index is -0.507. The van der Waals surface area contributed by atoms with Crippen LogP contribution in [-0.4, -0.2) is 21.6 Å². The van der Waals surface area contributed by atoms with Crippen LogP contribution in [0.5, 0.6) is 0 Å². The van der Waals surface area contributed by atoms with Gasteiger partial charge in [-0.2, -0.15) is 0 Å². The zero-order valence-corrected chi connectivity index (χ0v) is 14.7. The van der Waals surface area contributed by atoms with Gasteiger partial charge in [0, 0.05) is 32.4 Å². The maximum absolute atomic E-state index is 12.4. The quantitative estimate of drug-likeness (QED) is 0.609. The molecule has 0 aliphatic rings. The number of anilines is 1. The fraction of sp³-hybridized carbons (Fsp3) is 0.389. The van der Waals surface area contributed by atoms with Gasteiger partial charge in [-0.05, 0) is 18.6 Å².